The standard InChI is InChI=1S/C26H24/c1-26(2,3)23-16-14-20(15-17-23)24-10-6-7-11-25(24)22-13-12-19-8-4-5-9-21(19)18-22/h4-18H,1-3H3. The molecule has 128 valence electrons. The molecule has 0 bridgehead atoms. The van der Waals surface area contributed by atoms with Gasteiger partial charge in [-0.25, -0.2) is 0 Å². The summed E-state index contributed by atoms with van der Waals surface area (Å²) in [4.78, 5) is 0. The molecule has 0 heterocycles. The maximum absolute atomic E-state index is 2.29. The monoisotopic (exact) mass is 336 g/mol. The quantitative estimate of drug-likeness (QED) is 0.356. The Morgan fingerprint density at radius 1 is 0.500 bits per heavy atom. The zero-order valence-electron chi connectivity index (χ0n) is 15.7. The van der Waals surface area contributed by atoms with Gasteiger partial charge in [-0.3, -0.25) is 0 Å². The molecule has 0 heteroatoms. The fraction of sp³-hybridized carbons (Fsp3) is 0.154. The van der Waals surface area contributed by atoms with Crippen molar-refractivity contribution < 1.29 is 0 Å². The van der Waals surface area contributed by atoms with Gasteiger partial charge in [0.15, 0.2) is 0 Å². The molecular formula is C26H24. The van der Waals surface area contributed by atoms with E-state index in [1.54, 1.807) is 0 Å². The SMILES string of the molecule is CC(C)(C)c1ccc(-c2ccccc2-c2ccc3ccccc3c2)cc1. The molecule has 26 heavy (non-hydrogen) atoms. The lowest BCUT2D eigenvalue weighted by Gasteiger charge is -2.19. The van der Waals surface area contributed by atoms with Gasteiger partial charge < -0.3 is 0 Å². The Kier molecular flexibility index (Phi) is 4.12. The topological polar surface area (TPSA) is 0 Å². The van der Waals surface area contributed by atoms with Gasteiger partial charge in [0.05, 0.1) is 0 Å². The molecule has 0 saturated carbocycles. The molecule has 0 nitrogen and oxygen atoms in total. The van der Waals surface area contributed by atoms with Crippen LogP contribution in [0.15, 0.2) is 91.0 Å². The van der Waals surface area contributed by atoms with E-state index in [1.807, 2.05) is 0 Å². The van der Waals surface area contributed by atoms with E-state index in [2.05, 4.69) is 112 Å². The summed E-state index contributed by atoms with van der Waals surface area (Å²) in [5.74, 6) is 0. The average Bonchev–Trinajstić information content (AvgIpc) is 2.67. The number of hydrogen-bond donors (Lipinski definition) is 0. The van der Waals surface area contributed by atoms with E-state index < -0.39 is 0 Å². The molecule has 0 fully saturated rings. The van der Waals surface area contributed by atoms with Crippen molar-refractivity contribution >= 4 is 10.8 Å². The number of rotatable bonds is 2. The highest BCUT2D eigenvalue weighted by Gasteiger charge is 2.14. The van der Waals surface area contributed by atoms with E-state index >= 15 is 0 Å². The smallest absolute Gasteiger partial charge is 0.0105 e. The van der Waals surface area contributed by atoms with E-state index in [0.29, 0.717) is 0 Å². The van der Waals surface area contributed by atoms with E-state index in [9.17, 15) is 0 Å². The summed E-state index contributed by atoms with van der Waals surface area (Å²) in [6.45, 7) is 6.76. The Balaban J connectivity index is 1.81. The average molecular weight is 336 g/mol. The van der Waals surface area contributed by atoms with Crippen LogP contribution in [0.1, 0.15) is 26.3 Å². The second-order valence-corrected chi connectivity index (χ2v) is 7.93. The van der Waals surface area contributed by atoms with Crippen LogP contribution < -0.4 is 0 Å². The van der Waals surface area contributed by atoms with Gasteiger partial charge >= 0.3 is 0 Å². The highest BCUT2D eigenvalue weighted by atomic mass is 14.2. The Hall–Kier alpha value is -2.86. The van der Waals surface area contributed by atoms with Crippen LogP contribution in [0.3, 0.4) is 0 Å². The number of hydrogen-bond acceptors (Lipinski definition) is 0. The Morgan fingerprint density at radius 2 is 1.04 bits per heavy atom. The molecule has 0 atom stereocenters. The first-order valence-electron chi connectivity index (χ1n) is 9.21. The minimum Gasteiger partial charge on any atom is -0.0616 e. The highest BCUT2D eigenvalue weighted by Crippen LogP contribution is 2.34. The summed E-state index contributed by atoms with van der Waals surface area (Å²) in [7, 11) is 0. The molecule has 0 aliphatic carbocycles. The minimum atomic E-state index is 0.177. The minimum absolute atomic E-state index is 0.177. The van der Waals surface area contributed by atoms with Gasteiger partial charge in [0, 0.05) is 0 Å². The van der Waals surface area contributed by atoms with Gasteiger partial charge in [-0.15, -0.1) is 0 Å². The first-order valence-corrected chi connectivity index (χ1v) is 9.21. The molecule has 4 rings (SSSR count). The maximum atomic E-state index is 2.29. The number of benzene rings is 4. The maximum Gasteiger partial charge on any atom is -0.0105 e. The molecule has 0 N–H and O–H groups in total. The summed E-state index contributed by atoms with van der Waals surface area (Å²) in [6.07, 6.45) is 0. The molecule has 0 amide bonds. The Labute approximate surface area is 156 Å². The molecule has 0 aliphatic heterocycles. The summed E-state index contributed by atoms with van der Waals surface area (Å²) >= 11 is 0. The van der Waals surface area contributed by atoms with Gasteiger partial charge in [-0.1, -0.05) is 106 Å². The van der Waals surface area contributed by atoms with Crippen molar-refractivity contribution in [3.05, 3.63) is 96.6 Å². The highest BCUT2D eigenvalue weighted by molar-refractivity contribution is 5.91. The van der Waals surface area contributed by atoms with Crippen molar-refractivity contribution in [1.82, 2.24) is 0 Å². The van der Waals surface area contributed by atoms with Crippen LogP contribution >= 0.6 is 0 Å². The third-order valence-corrected chi connectivity index (χ3v) is 5.05. The largest absolute Gasteiger partial charge is 0.0616 e. The second kappa shape index (κ2) is 6.46. The lowest BCUT2D eigenvalue weighted by Crippen LogP contribution is -2.10. The molecule has 0 unspecified atom stereocenters. The van der Waals surface area contributed by atoms with Crippen LogP contribution in [-0.2, 0) is 5.41 Å². The van der Waals surface area contributed by atoms with E-state index in [4.69, 9.17) is 0 Å². The Bertz CT molecular complexity index is 1050. The first-order chi connectivity index (χ1) is 12.5. The van der Waals surface area contributed by atoms with Gasteiger partial charge in [-0.05, 0) is 50.1 Å². The second-order valence-electron chi connectivity index (χ2n) is 7.93. The first kappa shape index (κ1) is 16.6. The third kappa shape index (κ3) is 3.15. The normalized spacial score (nSPS) is 11.7. The predicted octanol–water partition coefficient (Wildman–Crippen LogP) is 7.47. The lowest BCUT2D eigenvalue weighted by molar-refractivity contribution is 0.590. The lowest BCUT2D eigenvalue weighted by atomic mass is 9.85. The molecule has 4 aromatic carbocycles. The summed E-state index contributed by atoms with van der Waals surface area (Å²) in [6, 6.07) is 33.0. The third-order valence-electron chi connectivity index (χ3n) is 5.05. The van der Waals surface area contributed by atoms with Crippen LogP contribution in [0.2, 0.25) is 0 Å². The molecule has 0 saturated heterocycles. The number of fused-ring (bicyclic) bond motifs is 1. The predicted molar refractivity (Wildman–Crippen MR) is 114 cm³/mol. The zero-order valence-corrected chi connectivity index (χ0v) is 15.7. The van der Waals surface area contributed by atoms with Crippen molar-refractivity contribution in [3.8, 4) is 22.3 Å². The van der Waals surface area contributed by atoms with Crippen molar-refractivity contribution in [2.45, 2.75) is 26.2 Å². The summed E-state index contributed by atoms with van der Waals surface area (Å²) < 4.78 is 0. The van der Waals surface area contributed by atoms with Gasteiger partial charge in [-0.2, -0.15) is 0 Å². The molecule has 4 aromatic rings. The molecular weight excluding hydrogens is 312 g/mol. The van der Waals surface area contributed by atoms with E-state index in [-0.39, 0.29) is 5.41 Å². The van der Waals surface area contributed by atoms with Crippen molar-refractivity contribution in [3.63, 3.8) is 0 Å². The van der Waals surface area contributed by atoms with Crippen LogP contribution in [0.5, 0.6) is 0 Å². The molecule has 0 aromatic heterocycles. The Morgan fingerprint density at radius 3 is 1.69 bits per heavy atom. The van der Waals surface area contributed by atoms with Crippen LogP contribution in [0, 0.1) is 0 Å². The van der Waals surface area contributed by atoms with E-state index in [1.165, 1.54) is 38.6 Å². The molecule has 0 aliphatic rings. The fourth-order valence-corrected chi connectivity index (χ4v) is 3.49. The van der Waals surface area contributed by atoms with Crippen molar-refractivity contribution in [2.75, 3.05) is 0 Å². The molecule has 0 radical (unpaired) electrons. The summed E-state index contributed by atoms with van der Waals surface area (Å²) in [5.41, 5.74) is 6.63. The van der Waals surface area contributed by atoms with Crippen LogP contribution in [-0.4, -0.2) is 0 Å². The molecule has 0 spiro atoms. The zero-order chi connectivity index (χ0) is 18.1. The summed E-state index contributed by atoms with van der Waals surface area (Å²) in [5, 5.41) is 2.56. The van der Waals surface area contributed by atoms with Crippen LogP contribution in [0.4, 0.5) is 0 Å². The van der Waals surface area contributed by atoms with Gasteiger partial charge in [0.2, 0.25) is 0 Å². The fourth-order valence-electron chi connectivity index (χ4n) is 3.49. The van der Waals surface area contributed by atoms with Crippen LogP contribution in [0.25, 0.3) is 33.0 Å². The van der Waals surface area contributed by atoms with E-state index in [0.717, 1.165) is 0 Å². The van der Waals surface area contributed by atoms with Crippen molar-refractivity contribution in [2.24, 2.45) is 0 Å². The van der Waals surface area contributed by atoms with Gasteiger partial charge in [0.1, 0.15) is 0 Å². The van der Waals surface area contributed by atoms with Crippen molar-refractivity contribution in [1.29, 1.82) is 0 Å². The van der Waals surface area contributed by atoms with Gasteiger partial charge in [0.25, 0.3) is 0 Å².